The van der Waals surface area contributed by atoms with Crippen LogP contribution in [0.5, 0.6) is 5.75 Å². The van der Waals surface area contributed by atoms with Crippen molar-refractivity contribution in [3.8, 4) is 5.75 Å². The molecule has 0 atom stereocenters. The molecular weight excluding hydrogens is 536 g/mol. The first-order chi connectivity index (χ1) is 14.2. The zero-order valence-corrected chi connectivity index (χ0v) is 20.4. The van der Waals surface area contributed by atoms with Crippen LogP contribution in [-0.2, 0) is 9.59 Å². The van der Waals surface area contributed by atoms with Crippen LogP contribution in [0.3, 0.4) is 0 Å². The number of thioether (sulfide) groups is 1. The summed E-state index contributed by atoms with van der Waals surface area (Å²) < 4.78 is 6.88. The fourth-order valence-corrected chi connectivity index (χ4v) is 5.15. The van der Waals surface area contributed by atoms with Crippen LogP contribution in [0.15, 0.2) is 44.2 Å². The van der Waals surface area contributed by atoms with Gasteiger partial charge in [0.1, 0.15) is 12.3 Å². The molecule has 1 aliphatic heterocycles. The Morgan fingerprint density at radius 3 is 2.67 bits per heavy atom. The summed E-state index contributed by atoms with van der Waals surface area (Å²) in [7, 11) is 1.52. The summed E-state index contributed by atoms with van der Waals surface area (Å²) in [5.41, 5.74) is 3.26. The minimum absolute atomic E-state index is 0.225. The number of hydrogen-bond acceptors (Lipinski definition) is 5. The number of ether oxygens (including phenoxy) is 1. The molecule has 1 saturated heterocycles. The van der Waals surface area contributed by atoms with Crippen molar-refractivity contribution in [2.45, 2.75) is 13.8 Å². The number of carbonyl (C=O) groups excluding carboxylic acids is 3. The van der Waals surface area contributed by atoms with E-state index in [4.69, 9.17) is 4.74 Å². The van der Waals surface area contributed by atoms with Crippen LogP contribution in [0.1, 0.15) is 16.7 Å². The molecular formula is C21H18Br2N2O4S. The first kappa shape index (κ1) is 22.6. The van der Waals surface area contributed by atoms with E-state index in [0.717, 1.165) is 32.3 Å². The number of carbonyl (C=O) groups is 3. The third-order valence-corrected chi connectivity index (χ3v) is 6.54. The van der Waals surface area contributed by atoms with Gasteiger partial charge < -0.3 is 10.1 Å². The molecule has 1 aliphatic rings. The predicted molar refractivity (Wildman–Crippen MR) is 126 cm³/mol. The summed E-state index contributed by atoms with van der Waals surface area (Å²) in [4.78, 5) is 38.8. The van der Waals surface area contributed by atoms with Gasteiger partial charge in [-0.15, -0.1) is 0 Å². The van der Waals surface area contributed by atoms with E-state index in [-0.39, 0.29) is 11.4 Å². The minimum Gasteiger partial charge on any atom is -0.495 e. The highest BCUT2D eigenvalue weighted by Gasteiger charge is 2.36. The molecule has 3 rings (SSSR count). The predicted octanol–water partition coefficient (Wildman–Crippen LogP) is 5.51. The minimum atomic E-state index is -0.515. The van der Waals surface area contributed by atoms with Crippen molar-refractivity contribution in [1.29, 1.82) is 0 Å². The Bertz CT molecular complexity index is 1080. The Morgan fingerprint density at radius 1 is 1.23 bits per heavy atom. The Morgan fingerprint density at radius 2 is 1.97 bits per heavy atom. The van der Waals surface area contributed by atoms with E-state index in [0.29, 0.717) is 21.5 Å². The van der Waals surface area contributed by atoms with Crippen molar-refractivity contribution in [2.75, 3.05) is 19.0 Å². The number of hydrogen-bond donors (Lipinski definition) is 1. The molecule has 1 heterocycles. The van der Waals surface area contributed by atoms with E-state index in [2.05, 4.69) is 37.2 Å². The number of imide groups is 1. The largest absolute Gasteiger partial charge is 0.495 e. The number of nitrogens with zero attached hydrogens (tertiary/aromatic N) is 1. The van der Waals surface area contributed by atoms with E-state index in [1.807, 2.05) is 32.0 Å². The van der Waals surface area contributed by atoms with Crippen molar-refractivity contribution in [3.63, 3.8) is 0 Å². The summed E-state index contributed by atoms with van der Waals surface area (Å²) in [6, 6.07) is 9.17. The molecule has 6 nitrogen and oxygen atoms in total. The fraction of sp³-hybridized carbons (Fsp3) is 0.190. The van der Waals surface area contributed by atoms with Crippen LogP contribution in [0, 0.1) is 13.8 Å². The summed E-state index contributed by atoms with van der Waals surface area (Å²) >= 11 is 7.61. The highest BCUT2D eigenvalue weighted by molar-refractivity contribution is 9.11. The average Bonchev–Trinajstić information content (AvgIpc) is 2.92. The molecule has 1 N–H and O–H groups in total. The van der Waals surface area contributed by atoms with E-state index in [1.54, 1.807) is 18.2 Å². The first-order valence-corrected chi connectivity index (χ1v) is 11.3. The molecule has 1 fully saturated rings. The molecule has 0 aromatic heterocycles. The number of aryl methyl sites for hydroxylation is 1. The normalized spacial score (nSPS) is 15.1. The average molecular weight is 554 g/mol. The molecule has 9 heteroatoms. The van der Waals surface area contributed by atoms with Crippen LogP contribution < -0.4 is 10.1 Å². The molecule has 2 aromatic carbocycles. The quantitative estimate of drug-likeness (QED) is 0.494. The molecule has 30 heavy (non-hydrogen) atoms. The highest BCUT2D eigenvalue weighted by atomic mass is 79.9. The van der Waals surface area contributed by atoms with Crippen LogP contribution in [0.4, 0.5) is 10.5 Å². The maximum Gasteiger partial charge on any atom is 0.294 e. The second kappa shape index (κ2) is 9.36. The smallest absolute Gasteiger partial charge is 0.294 e. The molecule has 0 saturated carbocycles. The number of methoxy groups -OCH3 is 1. The fourth-order valence-electron chi connectivity index (χ4n) is 2.90. The summed E-state index contributed by atoms with van der Waals surface area (Å²) in [6.45, 7) is 3.49. The molecule has 3 amide bonds. The van der Waals surface area contributed by atoms with Gasteiger partial charge in [0.15, 0.2) is 0 Å². The number of halogens is 2. The SMILES string of the molecule is COc1c(Br)cc(Br)cc1/C=C1/SC(=O)N(CC(=O)Nc2cccc(C)c2C)C1=O. The molecule has 2 aromatic rings. The molecule has 156 valence electrons. The summed E-state index contributed by atoms with van der Waals surface area (Å²) in [5.74, 6) is -0.410. The van der Waals surface area contributed by atoms with Crippen molar-refractivity contribution in [1.82, 2.24) is 4.90 Å². The van der Waals surface area contributed by atoms with Crippen LogP contribution in [0.2, 0.25) is 0 Å². The van der Waals surface area contributed by atoms with Crippen LogP contribution in [0.25, 0.3) is 6.08 Å². The van der Waals surface area contributed by atoms with Gasteiger partial charge in [-0.05, 0) is 76.9 Å². The lowest BCUT2D eigenvalue weighted by Crippen LogP contribution is -2.36. The lowest BCUT2D eigenvalue weighted by Gasteiger charge is -2.14. The Balaban J connectivity index is 1.79. The Labute approximate surface area is 195 Å². The number of rotatable bonds is 5. The van der Waals surface area contributed by atoms with Gasteiger partial charge in [-0.2, -0.15) is 0 Å². The number of anilines is 1. The molecule has 0 aliphatic carbocycles. The van der Waals surface area contributed by atoms with Crippen molar-refractivity contribution in [2.24, 2.45) is 0 Å². The van der Waals surface area contributed by atoms with Gasteiger partial charge >= 0.3 is 0 Å². The Kier molecular flexibility index (Phi) is 7.05. The number of benzene rings is 2. The van der Waals surface area contributed by atoms with Crippen LogP contribution in [-0.4, -0.2) is 35.6 Å². The van der Waals surface area contributed by atoms with E-state index in [1.165, 1.54) is 7.11 Å². The zero-order valence-electron chi connectivity index (χ0n) is 16.4. The third kappa shape index (κ3) is 4.79. The Hall–Kier alpha value is -2.10. The van der Waals surface area contributed by atoms with Gasteiger partial charge in [0.25, 0.3) is 11.1 Å². The summed E-state index contributed by atoms with van der Waals surface area (Å²) in [6.07, 6.45) is 1.59. The lowest BCUT2D eigenvalue weighted by molar-refractivity contribution is -0.127. The molecule has 0 spiro atoms. The van der Waals surface area contributed by atoms with Crippen molar-refractivity contribution >= 4 is 72.4 Å². The van der Waals surface area contributed by atoms with Crippen LogP contribution >= 0.6 is 43.6 Å². The standard InChI is InChI=1S/C21H18Br2N2O4S/c1-11-5-4-6-16(12(11)2)24-18(26)10-25-20(27)17(30-21(25)28)8-13-7-14(22)9-15(23)19(13)29-3/h4-9H,10H2,1-3H3,(H,24,26)/b17-8+. The number of amides is 3. The van der Waals surface area contributed by atoms with Gasteiger partial charge in [-0.3, -0.25) is 19.3 Å². The van der Waals surface area contributed by atoms with Gasteiger partial charge in [-0.1, -0.05) is 28.1 Å². The molecule has 0 radical (unpaired) electrons. The van der Waals surface area contributed by atoms with Gasteiger partial charge in [0, 0.05) is 15.7 Å². The number of nitrogens with one attached hydrogen (secondary N) is 1. The second-order valence-corrected chi connectivity index (χ2v) is 9.34. The first-order valence-electron chi connectivity index (χ1n) is 8.85. The topological polar surface area (TPSA) is 75.7 Å². The maximum absolute atomic E-state index is 12.8. The van der Waals surface area contributed by atoms with Gasteiger partial charge in [0.05, 0.1) is 16.5 Å². The van der Waals surface area contributed by atoms with E-state index >= 15 is 0 Å². The summed E-state index contributed by atoms with van der Waals surface area (Å²) in [5, 5.41) is 2.28. The third-order valence-electron chi connectivity index (χ3n) is 4.58. The zero-order chi connectivity index (χ0) is 22.0. The van der Waals surface area contributed by atoms with E-state index < -0.39 is 17.1 Å². The maximum atomic E-state index is 12.8. The second-order valence-electron chi connectivity index (χ2n) is 6.57. The van der Waals surface area contributed by atoms with Crippen molar-refractivity contribution < 1.29 is 19.1 Å². The van der Waals surface area contributed by atoms with E-state index in [9.17, 15) is 14.4 Å². The molecule has 0 unspecified atom stereocenters. The highest BCUT2D eigenvalue weighted by Crippen LogP contribution is 2.38. The molecule has 0 bridgehead atoms. The lowest BCUT2D eigenvalue weighted by atomic mass is 10.1. The van der Waals surface area contributed by atoms with Gasteiger partial charge in [-0.25, -0.2) is 0 Å². The van der Waals surface area contributed by atoms with Crippen molar-refractivity contribution in [3.05, 3.63) is 60.9 Å². The monoisotopic (exact) mass is 552 g/mol. The van der Waals surface area contributed by atoms with Gasteiger partial charge in [0.2, 0.25) is 5.91 Å².